The molecule has 0 aliphatic carbocycles. The molecule has 18 heavy (non-hydrogen) atoms. The van der Waals surface area contributed by atoms with Crippen molar-refractivity contribution in [3.63, 3.8) is 0 Å². The minimum atomic E-state index is -1.11. The van der Waals surface area contributed by atoms with Gasteiger partial charge >= 0.3 is 5.97 Å². The molecular formula is C11H9N3O4. The van der Waals surface area contributed by atoms with Crippen LogP contribution in [0, 0.1) is 0 Å². The number of aryl methyl sites for hydroxylation is 1. The Morgan fingerprint density at radius 1 is 1.50 bits per heavy atom. The highest BCUT2D eigenvalue weighted by atomic mass is 16.4. The molecular weight excluding hydrogens is 238 g/mol. The van der Waals surface area contributed by atoms with Gasteiger partial charge in [0.25, 0.3) is 5.56 Å². The van der Waals surface area contributed by atoms with Crippen LogP contribution in [0.5, 0.6) is 0 Å². The lowest BCUT2D eigenvalue weighted by Crippen LogP contribution is -2.14. The topological polar surface area (TPSA) is 98.2 Å². The molecule has 0 spiro atoms. The summed E-state index contributed by atoms with van der Waals surface area (Å²) in [5, 5.41) is 15.8. The number of hydrogen-bond donors (Lipinski definition) is 1. The second kappa shape index (κ2) is 4.66. The Hall–Kier alpha value is -2.70. The lowest BCUT2D eigenvalue weighted by atomic mass is 10.3. The first-order valence-electron chi connectivity index (χ1n) is 4.98. The smallest absolute Gasteiger partial charge is 0.328 e. The fourth-order valence-electron chi connectivity index (χ4n) is 1.24. The van der Waals surface area contributed by atoms with Crippen molar-refractivity contribution in [1.29, 1.82) is 0 Å². The molecule has 7 heteroatoms. The molecule has 1 N–H and O–H groups in total. The normalized spacial score (nSPS) is 10.9. The third kappa shape index (κ3) is 2.51. The van der Waals surface area contributed by atoms with Crippen molar-refractivity contribution in [2.75, 3.05) is 0 Å². The van der Waals surface area contributed by atoms with E-state index in [9.17, 15) is 9.59 Å². The van der Waals surface area contributed by atoms with Gasteiger partial charge in [-0.1, -0.05) is 0 Å². The summed E-state index contributed by atoms with van der Waals surface area (Å²) >= 11 is 0. The van der Waals surface area contributed by atoms with E-state index in [4.69, 9.17) is 9.52 Å². The van der Waals surface area contributed by atoms with Crippen LogP contribution in [0.25, 0.3) is 17.5 Å². The summed E-state index contributed by atoms with van der Waals surface area (Å²) in [6, 6.07) is 3.01. The molecule has 0 radical (unpaired) electrons. The summed E-state index contributed by atoms with van der Waals surface area (Å²) in [6.07, 6.45) is 3.65. The number of nitrogens with zero attached hydrogens (tertiary/aromatic N) is 3. The highest BCUT2D eigenvalue weighted by molar-refractivity contribution is 5.84. The highest BCUT2D eigenvalue weighted by Crippen LogP contribution is 2.15. The lowest BCUT2D eigenvalue weighted by molar-refractivity contribution is -0.131. The predicted octanol–water partition coefficient (Wildman–Crippen LogP) is 0.533. The zero-order valence-corrected chi connectivity index (χ0v) is 9.40. The zero-order chi connectivity index (χ0) is 13.1. The van der Waals surface area contributed by atoms with E-state index in [1.807, 2.05) is 0 Å². The molecule has 0 aromatic carbocycles. The monoisotopic (exact) mass is 247 g/mol. The van der Waals surface area contributed by atoms with E-state index in [0.29, 0.717) is 5.56 Å². The predicted molar refractivity (Wildman–Crippen MR) is 61.6 cm³/mol. The molecule has 7 nitrogen and oxygen atoms in total. The molecule has 0 aliphatic rings. The van der Waals surface area contributed by atoms with Crippen molar-refractivity contribution in [3.05, 3.63) is 40.7 Å². The third-order valence-corrected chi connectivity index (χ3v) is 2.16. The molecule has 2 rings (SSSR count). The van der Waals surface area contributed by atoms with Crippen molar-refractivity contribution in [1.82, 2.24) is 14.8 Å². The van der Waals surface area contributed by atoms with Crippen LogP contribution in [0.2, 0.25) is 0 Å². The van der Waals surface area contributed by atoms with Gasteiger partial charge in [0, 0.05) is 37.0 Å². The molecule has 0 fully saturated rings. The first-order valence-corrected chi connectivity index (χ1v) is 4.98. The highest BCUT2D eigenvalue weighted by Gasteiger charge is 2.07. The van der Waals surface area contributed by atoms with E-state index in [-0.39, 0.29) is 17.3 Å². The average Bonchev–Trinajstić information content (AvgIpc) is 2.79. The van der Waals surface area contributed by atoms with Gasteiger partial charge in [0.15, 0.2) is 0 Å². The quantitative estimate of drug-likeness (QED) is 0.794. The molecule has 2 aromatic heterocycles. The first-order chi connectivity index (χ1) is 8.56. The summed E-state index contributed by atoms with van der Waals surface area (Å²) in [6.45, 7) is 0. The van der Waals surface area contributed by atoms with Crippen LogP contribution in [0.15, 0.2) is 33.6 Å². The van der Waals surface area contributed by atoms with Crippen LogP contribution in [0.3, 0.4) is 0 Å². The van der Waals surface area contributed by atoms with Gasteiger partial charge in [-0.25, -0.2) is 4.79 Å². The molecule has 92 valence electrons. The summed E-state index contributed by atoms with van der Waals surface area (Å²) < 4.78 is 6.60. The van der Waals surface area contributed by atoms with Crippen LogP contribution < -0.4 is 5.56 Å². The molecule has 0 aliphatic heterocycles. The Morgan fingerprint density at radius 2 is 2.28 bits per heavy atom. The maximum absolute atomic E-state index is 11.4. The van der Waals surface area contributed by atoms with Gasteiger partial charge in [-0.2, -0.15) is 0 Å². The molecule has 0 bridgehead atoms. The van der Waals surface area contributed by atoms with Gasteiger partial charge in [0.1, 0.15) is 0 Å². The minimum Gasteiger partial charge on any atom is -0.478 e. The van der Waals surface area contributed by atoms with Crippen molar-refractivity contribution in [2.45, 2.75) is 0 Å². The number of hydrogen-bond acceptors (Lipinski definition) is 5. The molecule has 2 aromatic rings. The Morgan fingerprint density at radius 3 is 2.94 bits per heavy atom. The van der Waals surface area contributed by atoms with Crippen molar-refractivity contribution in [3.8, 4) is 11.5 Å². The van der Waals surface area contributed by atoms with Crippen molar-refractivity contribution >= 4 is 12.0 Å². The SMILES string of the molecule is Cn1ccc(-c2nnc(/C=C/C(=O)O)o2)cc1=O. The summed E-state index contributed by atoms with van der Waals surface area (Å²) in [4.78, 5) is 21.7. The van der Waals surface area contributed by atoms with Gasteiger partial charge in [-0.3, -0.25) is 4.79 Å². The summed E-state index contributed by atoms with van der Waals surface area (Å²) in [7, 11) is 1.63. The number of carbonyl (C=O) groups is 1. The van der Waals surface area contributed by atoms with Gasteiger partial charge < -0.3 is 14.1 Å². The minimum absolute atomic E-state index is 0.0630. The Bertz CT molecular complexity index is 669. The van der Waals surface area contributed by atoms with E-state index >= 15 is 0 Å². The average molecular weight is 247 g/mol. The second-order valence-electron chi connectivity index (χ2n) is 3.48. The van der Waals surface area contributed by atoms with Gasteiger partial charge in [-0.15, -0.1) is 10.2 Å². The number of aromatic nitrogens is 3. The Balaban J connectivity index is 2.32. The van der Waals surface area contributed by atoms with E-state index in [1.54, 1.807) is 19.3 Å². The molecule has 2 heterocycles. The zero-order valence-electron chi connectivity index (χ0n) is 9.40. The number of carboxylic acid groups (broad SMARTS) is 1. The van der Waals surface area contributed by atoms with E-state index in [0.717, 1.165) is 6.08 Å². The molecule has 0 atom stereocenters. The van der Waals surface area contributed by atoms with Crippen LogP contribution in [-0.2, 0) is 11.8 Å². The van der Waals surface area contributed by atoms with Gasteiger partial charge in [0.05, 0.1) is 0 Å². The number of pyridine rings is 1. The van der Waals surface area contributed by atoms with Crippen LogP contribution in [0.1, 0.15) is 5.89 Å². The van der Waals surface area contributed by atoms with Gasteiger partial charge in [0.2, 0.25) is 11.8 Å². The number of carboxylic acids is 1. The summed E-state index contributed by atoms with van der Waals surface area (Å²) in [5.74, 6) is -0.880. The molecule has 0 amide bonds. The van der Waals surface area contributed by atoms with Crippen LogP contribution >= 0.6 is 0 Å². The lowest BCUT2D eigenvalue weighted by Gasteiger charge is -1.96. The standard InChI is InChI=1S/C11H9N3O4/c1-14-5-4-7(6-9(14)15)11-13-12-8(18-11)2-3-10(16)17/h2-6H,1H3,(H,16,17)/b3-2+. The second-order valence-corrected chi connectivity index (χ2v) is 3.48. The van der Waals surface area contributed by atoms with E-state index in [1.165, 1.54) is 16.7 Å². The molecule has 0 saturated heterocycles. The van der Waals surface area contributed by atoms with Crippen LogP contribution in [-0.4, -0.2) is 25.8 Å². The largest absolute Gasteiger partial charge is 0.478 e. The van der Waals surface area contributed by atoms with E-state index < -0.39 is 5.97 Å². The Labute approximate surface area is 101 Å². The molecule has 0 saturated carbocycles. The summed E-state index contributed by atoms with van der Waals surface area (Å²) in [5.41, 5.74) is 0.286. The number of aliphatic carboxylic acids is 1. The fraction of sp³-hybridized carbons (Fsp3) is 0.0909. The van der Waals surface area contributed by atoms with Crippen molar-refractivity contribution < 1.29 is 14.3 Å². The maximum atomic E-state index is 11.4. The fourth-order valence-corrected chi connectivity index (χ4v) is 1.24. The molecule has 0 unspecified atom stereocenters. The van der Waals surface area contributed by atoms with Gasteiger partial charge in [-0.05, 0) is 6.07 Å². The Kier molecular flexibility index (Phi) is 3.05. The van der Waals surface area contributed by atoms with Crippen molar-refractivity contribution in [2.24, 2.45) is 7.05 Å². The van der Waals surface area contributed by atoms with Crippen LogP contribution in [0.4, 0.5) is 0 Å². The third-order valence-electron chi connectivity index (χ3n) is 2.16. The van der Waals surface area contributed by atoms with E-state index in [2.05, 4.69) is 10.2 Å². The maximum Gasteiger partial charge on any atom is 0.328 e. The number of rotatable bonds is 3. The first kappa shape index (κ1) is 11.8.